The number of phenols is 1. The Morgan fingerprint density at radius 2 is 1.88 bits per heavy atom. The van der Waals surface area contributed by atoms with E-state index in [4.69, 9.17) is 4.74 Å². The first-order chi connectivity index (χ1) is 12.1. The van der Waals surface area contributed by atoms with Crippen molar-refractivity contribution in [2.24, 2.45) is 5.10 Å². The second-order valence-corrected chi connectivity index (χ2v) is 6.16. The van der Waals surface area contributed by atoms with Gasteiger partial charge in [0.1, 0.15) is 11.5 Å². The average molecular weight is 399 g/mol. The minimum absolute atomic E-state index is 0.141. The van der Waals surface area contributed by atoms with Crippen LogP contribution in [-0.2, 0) is 0 Å². The van der Waals surface area contributed by atoms with Crippen LogP contribution >= 0.6 is 15.9 Å². The number of methoxy groups -OCH3 is 1. The van der Waals surface area contributed by atoms with Crippen molar-refractivity contribution in [1.29, 1.82) is 0 Å². The Kier molecular flexibility index (Phi) is 5.00. The monoisotopic (exact) mass is 398 g/mol. The van der Waals surface area contributed by atoms with Crippen molar-refractivity contribution in [3.05, 3.63) is 70.2 Å². The van der Waals surface area contributed by atoms with Crippen LogP contribution in [0, 0.1) is 0 Å². The predicted octanol–water partition coefficient (Wildman–Crippen LogP) is 4.08. The van der Waals surface area contributed by atoms with Gasteiger partial charge < -0.3 is 9.84 Å². The molecule has 3 rings (SSSR count). The van der Waals surface area contributed by atoms with Gasteiger partial charge in [-0.2, -0.15) is 5.10 Å². The zero-order chi connectivity index (χ0) is 17.8. The molecule has 0 aromatic heterocycles. The van der Waals surface area contributed by atoms with Crippen LogP contribution in [0.25, 0.3) is 10.8 Å². The molecular weight excluding hydrogens is 384 g/mol. The molecule has 0 fully saturated rings. The van der Waals surface area contributed by atoms with E-state index in [1.165, 1.54) is 13.3 Å². The smallest absolute Gasteiger partial charge is 0.275 e. The minimum atomic E-state index is -0.364. The molecule has 0 atom stereocenters. The number of ether oxygens (including phenoxy) is 1. The number of carbonyl (C=O) groups excluding carboxylic acids is 1. The molecule has 0 aliphatic heterocycles. The first kappa shape index (κ1) is 17.0. The van der Waals surface area contributed by atoms with Crippen LogP contribution in [0.1, 0.15) is 15.9 Å². The highest BCUT2D eigenvalue weighted by atomic mass is 79.9. The summed E-state index contributed by atoms with van der Waals surface area (Å²) in [7, 11) is 1.53. The van der Waals surface area contributed by atoms with E-state index < -0.39 is 0 Å². The van der Waals surface area contributed by atoms with Crippen LogP contribution in [0.4, 0.5) is 0 Å². The van der Waals surface area contributed by atoms with Gasteiger partial charge in [-0.15, -0.1) is 0 Å². The lowest BCUT2D eigenvalue weighted by atomic mass is 10.1. The third-order valence-electron chi connectivity index (χ3n) is 3.66. The molecule has 0 saturated carbocycles. The maximum absolute atomic E-state index is 12.4. The van der Waals surface area contributed by atoms with Crippen LogP contribution in [-0.4, -0.2) is 24.3 Å². The highest BCUT2D eigenvalue weighted by Crippen LogP contribution is 2.26. The van der Waals surface area contributed by atoms with Crippen LogP contribution in [0.5, 0.6) is 11.5 Å². The fourth-order valence-corrected chi connectivity index (χ4v) is 2.79. The lowest BCUT2D eigenvalue weighted by molar-refractivity contribution is 0.0952. The van der Waals surface area contributed by atoms with E-state index in [1.54, 1.807) is 24.3 Å². The van der Waals surface area contributed by atoms with Crippen molar-refractivity contribution in [3.8, 4) is 11.5 Å². The normalized spacial score (nSPS) is 11.0. The van der Waals surface area contributed by atoms with E-state index in [2.05, 4.69) is 26.5 Å². The van der Waals surface area contributed by atoms with E-state index in [1.807, 2.05) is 30.3 Å². The fourth-order valence-electron chi connectivity index (χ4n) is 2.39. The highest BCUT2D eigenvalue weighted by molar-refractivity contribution is 9.10. The third kappa shape index (κ3) is 3.80. The fraction of sp³-hybridized carbons (Fsp3) is 0.0526. The zero-order valence-electron chi connectivity index (χ0n) is 13.4. The largest absolute Gasteiger partial charge is 0.507 e. The van der Waals surface area contributed by atoms with Gasteiger partial charge in [0.15, 0.2) is 0 Å². The molecule has 3 aromatic rings. The maximum atomic E-state index is 12.4. The second kappa shape index (κ2) is 7.36. The molecule has 25 heavy (non-hydrogen) atoms. The number of amides is 1. The van der Waals surface area contributed by atoms with E-state index in [9.17, 15) is 9.90 Å². The number of halogens is 1. The number of carbonyl (C=O) groups is 1. The Balaban J connectivity index is 1.81. The molecule has 0 unspecified atom stereocenters. The Labute approximate surface area is 153 Å². The lowest BCUT2D eigenvalue weighted by Gasteiger charge is -2.09. The summed E-state index contributed by atoms with van der Waals surface area (Å²) >= 11 is 3.23. The van der Waals surface area contributed by atoms with Gasteiger partial charge >= 0.3 is 0 Å². The molecule has 0 saturated heterocycles. The Hall–Kier alpha value is -2.86. The van der Waals surface area contributed by atoms with Crippen molar-refractivity contribution in [1.82, 2.24) is 5.43 Å². The molecule has 126 valence electrons. The van der Waals surface area contributed by atoms with Crippen molar-refractivity contribution in [2.75, 3.05) is 7.11 Å². The summed E-state index contributed by atoms with van der Waals surface area (Å²) in [5.41, 5.74) is 3.63. The van der Waals surface area contributed by atoms with Crippen LogP contribution in [0.3, 0.4) is 0 Å². The summed E-state index contributed by atoms with van der Waals surface area (Å²) in [5, 5.41) is 15.4. The number of phenolic OH excluding ortho intramolecular Hbond substituents is 1. The molecular formula is C19H15BrN2O3. The van der Waals surface area contributed by atoms with Crippen LogP contribution < -0.4 is 10.2 Å². The average Bonchev–Trinajstić information content (AvgIpc) is 2.63. The van der Waals surface area contributed by atoms with Crippen molar-refractivity contribution >= 4 is 38.8 Å². The number of hydrazone groups is 1. The standard InChI is InChI=1S/C19H15BrN2O3/c1-25-18-10-14-5-3-2-4-13(14)9-15(18)19(24)22-21-11-12-6-7-17(23)16(20)8-12/h2-11,23H,1H3,(H,22,24)/b21-11-. The Bertz CT molecular complexity index is 970. The summed E-state index contributed by atoms with van der Waals surface area (Å²) in [6.07, 6.45) is 1.50. The van der Waals surface area contributed by atoms with Crippen LogP contribution in [0.15, 0.2) is 64.2 Å². The first-order valence-corrected chi connectivity index (χ1v) is 8.26. The Morgan fingerprint density at radius 3 is 2.56 bits per heavy atom. The molecule has 0 radical (unpaired) electrons. The summed E-state index contributed by atoms with van der Waals surface area (Å²) in [4.78, 5) is 12.4. The highest BCUT2D eigenvalue weighted by Gasteiger charge is 2.13. The van der Waals surface area contributed by atoms with Gasteiger partial charge in [0, 0.05) is 0 Å². The maximum Gasteiger partial charge on any atom is 0.275 e. The zero-order valence-corrected chi connectivity index (χ0v) is 14.9. The van der Waals surface area contributed by atoms with Gasteiger partial charge in [0.25, 0.3) is 5.91 Å². The van der Waals surface area contributed by atoms with Crippen molar-refractivity contribution in [3.63, 3.8) is 0 Å². The molecule has 3 aromatic carbocycles. The SMILES string of the molecule is COc1cc2ccccc2cc1C(=O)N/N=C\c1ccc(O)c(Br)c1. The van der Waals surface area contributed by atoms with E-state index in [0.717, 1.165) is 16.3 Å². The Morgan fingerprint density at radius 1 is 1.16 bits per heavy atom. The van der Waals surface area contributed by atoms with Gasteiger partial charge in [-0.1, -0.05) is 24.3 Å². The van der Waals surface area contributed by atoms with Gasteiger partial charge in [0.2, 0.25) is 0 Å². The predicted molar refractivity (Wildman–Crippen MR) is 101 cm³/mol. The molecule has 0 aliphatic rings. The number of fused-ring (bicyclic) bond motifs is 1. The molecule has 0 aliphatic carbocycles. The summed E-state index contributed by atoms with van der Waals surface area (Å²) in [6, 6.07) is 16.3. The van der Waals surface area contributed by atoms with Gasteiger partial charge in [0.05, 0.1) is 23.4 Å². The molecule has 5 nitrogen and oxygen atoms in total. The third-order valence-corrected chi connectivity index (χ3v) is 4.30. The lowest BCUT2D eigenvalue weighted by Crippen LogP contribution is -2.18. The van der Waals surface area contributed by atoms with Gasteiger partial charge in [-0.3, -0.25) is 4.79 Å². The number of nitrogens with zero attached hydrogens (tertiary/aromatic N) is 1. The summed E-state index contributed by atoms with van der Waals surface area (Å²) in [6.45, 7) is 0. The van der Waals surface area contributed by atoms with Crippen molar-refractivity contribution < 1.29 is 14.6 Å². The van der Waals surface area contributed by atoms with E-state index in [0.29, 0.717) is 15.8 Å². The van der Waals surface area contributed by atoms with E-state index >= 15 is 0 Å². The van der Waals surface area contributed by atoms with Crippen molar-refractivity contribution in [2.45, 2.75) is 0 Å². The summed E-state index contributed by atoms with van der Waals surface area (Å²) < 4.78 is 5.88. The summed E-state index contributed by atoms with van der Waals surface area (Å²) in [5.74, 6) is 0.262. The molecule has 2 N–H and O–H groups in total. The van der Waals surface area contributed by atoms with E-state index in [-0.39, 0.29) is 11.7 Å². The molecule has 0 bridgehead atoms. The topological polar surface area (TPSA) is 70.9 Å². The first-order valence-electron chi connectivity index (χ1n) is 7.47. The molecule has 1 amide bonds. The molecule has 0 heterocycles. The second-order valence-electron chi connectivity index (χ2n) is 5.31. The quantitative estimate of drug-likeness (QED) is 0.513. The van der Waals surface area contributed by atoms with Gasteiger partial charge in [-0.05, 0) is 62.6 Å². The number of aromatic hydroxyl groups is 1. The molecule has 0 spiro atoms. The molecule has 6 heteroatoms. The minimum Gasteiger partial charge on any atom is -0.507 e. The van der Waals surface area contributed by atoms with Gasteiger partial charge in [-0.25, -0.2) is 5.43 Å². The number of nitrogens with one attached hydrogen (secondary N) is 1. The number of benzene rings is 3. The number of hydrogen-bond acceptors (Lipinski definition) is 4. The number of rotatable bonds is 4. The number of hydrogen-bond donors (Lipinski definition) is 2. The van der Waals surface area contributed by atoms with Crippen LogP contribution in [0.2, 0.25) is 0 Å².